The minimum absolute atomic E-state index is 0.0127. The Morgan fingerprint density at radius 2 is 1.67 bits per heavy atom. The summed E-state index contributed by atoms with van der Waals surface area (Å²) in [6.45, 7) is 1.55. The van der Waals surface area contributed by atoms with Crippen LogP contribution in [0.5, 0.6) is 0 Å². The highest BCUT2D eigenvalue weighted by Crippen LogP contribution is 2.06. The average molecular weight is 255 g/mol. The van der Waals surface area contributed by atoms with E-state index in [1.54, 1.807) is 6.92 Å². The normalized spacial score (nSPS) is 13.3. The van der Waals surface area contributed by atoms with Crippen molar-refractivity contribution in [2.45, 2.75) is 6.92 Å². The molecule has 0 heterocycles. The van der Waals surface area contributed by atoms with Crippen LogP contribution in [0, 0.1) is 0 Å². The third-order valence-electron chi connectivity index (χ3n) is 1.77. The number of rotatable bonds is 7. The molecule has 0 aliphatic carbocycles. The van der Waals surface area contributed by atoms with Crippen molar-refractivity contribution < 1.29 is 21.7 Å². The lowest BCUT2D eigenvalue weighted by Gasteiger charge is -2.20. The average Bonchev–Trinajstić information content (AvgIpc) is 2.25. The van der Waals surface area contributed by atoms with E-state index in [1.165, 1.54) is 33.2 Å². The van der Waals surface area contributed by atoms with E-state index in [0.29, 0.717) is 0 Å². The molecule has 6 nitrogen and oxygen atoms in total. The topological polar surface area (TPSA) is 73.9 Å². The first kappa shape index (κ1) is 14.6. The fourth-order valence-electron chi connectivity index (χ4n) is 0.777. The molecule has 0 aliphatic heterocycles. The molecular weight excluding hydrogens is 238 g/mol. The maximum atomic E-state index is 11.1. The van der Waals surface area contributed by atoms with E-state index in [4.69, 9.17) is 13.3 Å². The van der Waals surface area contributed by atoms with Crippen LogP contribution in [-0.2, 0) is 23.3 Å². The summed E-state index contributed by atoms with van der Waals surface area (Å²) < 4.78 is 39.6. The van der Waals surface area contributed by atoms with Gasteiger partial charge in [0.05, 0.1) is 5.75 Å². The summed E-state index contributed by atoms with van der Waals surface area (Å²) in [5.74, 6) is 0.0127. The largest absolute Gasteiger partial charge is 0.530 e. The second kappa shape index (κ2) is 6.23. The van der Waals surface area contributed by atoms with Crippen molar-refractivity contribution in [2.75, 3.05) is 27.1 Å². The predicted octanol–water partition coefficient (Wildman–Crippen LogP) is -0.143. The van der Waals surface area contributed by atoms with E-state index in [-0.39, 0.29) is 5.75 Å². The van der Waals surface area contributed by atoms with Gasteiger partial charge in [0.1, 0.15) is 0 Å². The Morgan fingerprint density at radius 1 is 1.20 bits per heavy atom. The van der Waals surface area contributed by atoms with Gasteiger partial charge >= 0.3 is 8.80 Å². The smallest absolute Gasteiger partial charge is 0.374 e. The van der Waals surface area contributed by atoms with E-state index in [2.05, 4.69) is 4.72 Å². The van der Waals surface area contributed by atoms with Gasteiger partial charge in [0, 0.05) is 33.2 Å². The van der Waals surface area contributed by atoms with E-state index in [1.807, 2.05) is 0 Å². The van der Waals surface area contributed by atoms with E-state index >= 15 is 0 Å². The molecule has 0 aliphatic rings. The molecule has 90 valence electrons. The summed E-state index contributed by atoms with van der Waals surface area (Å²) >= 11 is 0. The molecule has 1 N–H and O–H groups in total. The Bertz CT molecular complexity index is 290. The maximum Gasteiger partial charge on any atom is 0.530 e. The van der Waals surface area contributed by atoms with Gasteiger partial charge in [-0.25, -0.2) is 8.42 Å². The highest BCUT2D eigenvalue weighted by Gasteiger charge is 2.34. The molecule has 0 fully saturated rings. The van der Waals surface area contributed by atoms with Crippen LogP contribution in [-0.4, -0.2) is 44.3 Å². The molecule has 0 unspecified atom stereocenters. The lowest BCUT2D eigenvalue weighted by atomic mass is 11.0. The molecule has 0 spiro atoms. The van der Waals surface area contributed by atoms with Gasteiger partial charge < -0.3 is 13.3 Å². The van der Waals surface area contributed by atoms with Gasteiger partial charge in [-0.05, 0) is 6.92 Å². The molecule has 8 heteroatoms. The second-order valence-corrected chi connectivity index (χ2v) is 7.38. The van der Waals surface area contributed by atoms with Crippen molar-refractivity contribution in [2.24, 2.45) is 0 Å². The quantitative estimate of drug-likeness (QED) is 0.641. The van der Waals surface area contributed by atoms with Gasteiger partial charge in [0.25, 0.3) is 0 Å². The summed E-state index contributed by atoms with van der Waals surface area (Å²) in [5, 5.41) is 0. The maximum absolute atomic E-state index is 11.1. The van der Waals surface area contributed by atoms with Crippen molar-refractivity contribution in [3.63, 3.8) is 0 Å². The standard InChI is InChI=1S/C7H17NO5SSi/c1-5-14(9,10)8-6-7-15(11-2,12-3)13-4/h6-8H,5H2,1-4H3. The Balaban J connectivity index is 4.50. The number of hydrogen-bond donors (Lipinski definition) is 1. The molecule has 0 aromatic rings. The van der Waals surface area contributed by atoms with Crippen molar-refractivity contribution in [3.8, 4) is 0 Å². The number of sulfonamides is 1. The first-order valence-electron chi connectivity index (χ1n) is 4.28. The molecule has 0 amide bonds. The number of hydrogen-bond acceptors (Lipinski definition) is 5. The molecule has 0 aromatic carbocycles. The van der Waals surface area contributed by atoms with Gasteiger partial charge in [-0.15, -0.1) is 0 Å². The Hall–Kier alpha value is -0.413. The van der Waals surface area contributed by atoms with Gasteiger partial charge in [-0.2, -0.15) is 0 Å². The SMILES string of the molecule is CCS(=O)(=O)NC=C[Si](OC)(OC)OC. The predicted molar refractivity (Wildman–Crippen MR) is 58.5 cm³/mol. The van der Waals surface area contributed by atoms with E-state index in [9.17, 15) is 8.42 Å². The van der Waals surface area contributed by atoms with Gasteiger partial charge in [-0.3, -0.25) is 4.72 Å². The summed E-state index contributed by atoms with van der Waals surface area (Å²) in [6.07, 6.45) is 1.27. The first-order chi connectivity index (χ1) is 6.95. The van der Waals surface area contributed by atoms with Gasteiger partial charge in [-0.1, -0.05) is 0 Å². The second-order valence-electron chi connectivity index (χ2n) is 2.57. The third-order valence-corrected chi connectivity index (χ3v) is 5.31. The molecule has 0 bridgehead atoms. The molecular formula is C7H17NO5SSi. The Labute approximate surface area is 91.6 Å². The van der Waals surface area contributed by atoms with Crippen molar-refractivity contribution >= 4 is 18.8 Å². The first-order valence-corrected chi connectivity index (χ1v) is 7.74. The summed E-state index contributed by atoms with van der Waals surface area (Å²) in [5.41, 5.74) is 1.46. The molecule has 0 saturated carbocycles. The van der Waals surface area contributed by atoms with E-state index in [0.717, 1.165) is 0 Å². The third kappa shape index (κ3) is 4.75. The highest BCUT2D eigenvalue weighted by molar-refractivity contribution is 7.89. The molecule has 0 atom stereocenters. The zero-order valence-electron chi connectivity index (χ0n) is 9.31. The fraction of sp³-hybridized carbons (Fsp3) is 0.714. The van der Waals surface area contributed by atoms with Crippen LogP contribution < -0.4 is 4.72 Å². The summed E-state index contributed by atoms with van der Waals surface area (Å²) in [6, 6.07) is 0. The van der Waals surface area contributed by atoms with Crippen LogP contribution >= 0.6 is 0 Å². The van der Waals surface area contributed by atoms with Crippen LogP contribution in [0.1, 0.15) is 6.92 Å². The fourth-order valence-corrected chi connectivity index (χ4v) is 2.54. The van der Waals surface area contributed by atoms with Crippen LogP contribution in [0.25, 0.3) is 0 Å². The highest BCUT2D eigenvalue weighted by atomic mass is 32.2. The number of nitrogens with one attached hydrogen (secondary N) is 1. The van der Waals surface area contributed by atoms with E-state index < -0.39 is 18.8 Å². The van der Waals surface area contributed by atoms with Crippen LogP contribution in [0.15, 0.2) is 11.9 Å². The minimum Gasteiger partial charge on any atom is -0.374 e. The molecule has 0 aromatic heterocycles. The molecule has 0 radical (unpaired) electrons. The lowest BCUT2D eigenvalue weighted by Crippen LogP contribution is -2.41. The van der Waals surface area contributed by atoms with Crippen molar-refractivity contribution in [1.82, 2.24) is 4.72 Å². The zero-order valence-corrected chi connectivity index (χ0v) is 11.1. The Kier molecular flexibility index (Phi) is 6.06. The minimum atomic E-state index is -3.25. The van der Waals surface area contributed by atoms with Crippen LogP contribution in [0.2, 0.25) is 0 Å². The zero-order chi connectivity index (χ0) is 11.9. The van der Waals surface area contributed by atoms with Crippen LogP contribution in [0.3, 0.4) is 0 Å². The molecule has 15 heavy (non-hydrogen) atoms. The van der Waals surface area contributed by atoms with Gasteiger partial charge in [0.15, 0.2) is 0 Å². The summed E-state index contributed by atoms with van der Waals surface area (Å²) in [7, 11) is -1.76. The van der Waals surface area contributed by atoms with Crippen LogP contribution in [0.4, 0.5) is 0 Å². The summed E-state index contributed by atoms with van der Waals surface area (Å²) in [4.78, 5) is 0. The monoisotopic (exact) mass is 255 g/mol. The van der Waals surface area contributed by atoms with Gasteiger partial charge in [0.2, 0.25) is 10.0 Å². The lowest BCUT2D eigenvalue weighted by molar-refractivity contribution is 0.138. The Morgan fingerprint density at radius 3 is 2.00 bits per heavy atom. The molecule has 0 saturated heterocycles. The molecule has 0 rings (SSSR count). The van der Waals surface area contributed by atoms with Crippen molar-refractivity contribution in [3.05, 3.63) is 11.9 Å². The van der Waals surface area contributed by atoms with Crippen molar-refractivity contribution in [1.29, 1.82) is 0 Å².